The van der Waals surface area contributed by atoms with Crippen LogP contribution in [0, 0.1) is 28.5 Å². The molecule has 1 saturated heterocycles. The van der Waals surface area contributed by atoms with Crippen molar-refractivity contribution in [1.82, 2.24) is 16.0 Å². The summed E-state index contributed by atoms with van der Waals surface area (Å²) in [7, 11) is 0. The van der Waals surface area contributed by atoms with Crippen LogP contribution in [-0.4, -0.2) is 30.4 Å². The van der Waals surface area contributed by atoms with Gasteiger partial charge in [0.05, 0.1) is 22.8 Å². The number of carbonyl (C=O) groups is 1. The Labute approximate surface area is 148 Å². The lowest BCUT2D eigenvalue weighted by Crippen LogP contribution is -2.48. The highest BCUT2D eigenvalue weighted by molar-refractivity contribution is 6.05. The van der Waals surface area contributed by atoms with Gasteiger partial charge in [-0.25, -0.2) is 4.39 Å². The number of hydrogen-bond donors (Lipinski definition) is 4. The molecule has 1 fully saturated rings. The molecule has 0 aliphatic carbocycles. The van der Waals surface area contributed by atoms with Crippen LogP contribution in [0.5, 0.6) is 5.75 Å². The van der Waals surface area contributed by atoms with Crippen molar-refractivity contribution < 1.29 is 14.3 Å². The summed E-state index contributed by atoms with van der Waals surface area (Å²) < 4.78 is 14.7. The number of phenols is 1. The molecule has 0 atom stereocenters. The Balaban J connectivity index is 2.18. The van der Waals surface area contributed by atoms with E-state index in [1.165, 1.54) is 30.3 Å². The van der Waals surface area contributed by atoms with Gasteiger partial charge in [-0.3, -0.25) is 15.4 Å². The van der Waals surface area contributed by atoms with Gasteiger partial charge in [-0.15, -0.1) is 0 Å². The molecule has 0 bridgehead atoms. The largest absolute Gasteiger partial charge is 0.507 e. The second-order valence-corrected chi connectivity index (χ2v) is 5.59. The number of amides is 1. The first kappa shape index (κ1) is 17.4. The van der Waals surface area contributed by atoms with Crippen molar-refractivity contribution in [3.05, 3.63) is 52.8 Å². The lowest BCUT2D eigenvalue weighted by Gasteiger charge is -2.17. The van der Waals surface area contributed by atoms with E-state index in [4.69, 9.17) is 5.26 Å². The van der Waals surface area contributed by atoms with Crippen LogP contribution in [0.1, 0.15) is 21.5 Å². The lowest BCUT2D eigenvalue weighted by molar-refractivity contribution is 0.0927. The fourth-order valence-electron chi connectivity index (χ4n) is 2.82. The molecule has 0 spiro atoms. The topological polar surface area (TPSA) is 121 Å². The van der Waals surface area contributed by atoms with Crippen molar-refractivity contribution >= 4 is 5.91 Å². The third-order valence-corrected chi connectivity index (χ3v) is 4.02. The predicted molar refractivity (Wildman–Crippen MR) is 90.2 cm³/mol. The smallest absolute Gasteiger partial charge is 0.257 e. The van der Waals surface area contributed by atoms with Gasteiger partial charge >= 0.3 is 0 Å². The third-order valence-electron chi connectivity index (χ3n) is 4.02. The van der Waals surface area contributed by atoms with Gasteiger partial charge in [0.25, 0.3) is 5.91 Å². The van der Waals surface area contributed by atoms with Gasteiger partial charge < -0.3 is 10.4 Å². The maximum absolute atomic E-state index is 14.7. The molecule has 0 aromatic heterocycles. The van der Waals surface area contributed by atoms with Crippen molar-refractivity contribution in [2.45, 2.75) is 6.29 Å². The average Bonchev–Trinajstić information content (AvgIpc) is 3.14. The summed E-state index contributed by atoms with van der Waals surface area (Å²) in [6.45, 7) is 1.31. The molecule has 1 aliphatic heterocycles. The molecule has 26 heavy (non-hydrogen) atoms. The Hall–Kier alpha value is -3.46. The fraction of sp³-hybridized carbons (Fsp3) is 0.167. The van der Waals surface area contributed by atoms with Crippen LogP contribution in [0.2, 0.25) is 0 Å². The van der Waals surface area contributed by atoms with E-state index < -0.39 is 23.8 Å². The molecule has 0 unspecified atom stereocenters. The Bertz CT molecular complexity index is 955. The van der Waals surface area contributed by atoms with Crippen molar-refractivity contribution in [3.8, 4) is 29.0 Å². The Kier molecular flexibility index (Phi) is 4.81. The minimum atomic E-state index is -0.858. The summed E-state index contributed by atoms with van der Waals surface area (Å²) in [5.41, 5.74) is -0.602. The van der Waals surface area contributed by atoms with Crippen LogP contribution in [0.3, 0.4) is 0 Å². The minimum absolute atomic E-state index is 0.00859. The number of nitrogens with zero attached hydrogens (tertiary/aromatic N) is 2. The van der Waals surface area contributed by atoms with Crippen LogP contribution in [-0.2, 0) is 0 Å². The van der Waals surface area contributed by atoms with E-state index >= 15 is 0 Å². The zero-order valence-electron chi connectivity index (χ0n) is 13.5. The van der Waals surface area contributed by atoms with Crippen molar-refractivity contribution in [2.75, 3.05) is 13.1 Å². The van der Waals surface area contributed by atoms with E-state index in [0.29, 0.717) is 13.1 Å². The van der Waals surface area contributed by atoms with Crippen LogP contribution in [0.15, 0.2) is 30.3 Å². The number of phenolic OH excluding ortho intramolecular Hbond substituents is 1. The number of carbonyl (C=O) groups excluding carboxylic acids is 1. The first-order valence-electron chi connectivity index (χ1n) is 7.79. The SMILES string of the molecule is N#Cc1cccc(-c2c(C#N)ccc(O)c2C(=O)NC2NCCN2)c1F. The number of nitrogens with one attached hydrogen (secondary N) is 3. The third kappa shape index (κ3) is 3.07. The molecule has 1 amide bonds. The molecule has 3 rings (SSSR count). The van der Waals surface area contributed by atoms with Crippen LogP contribution in [0.4, 0.5) is 4.39 Å². The quantitative estimate of drug-likeness (QED) is 0.658. The lowest BCUT2D eigenvalue weighted by atomic mass is 9.92. The van der Waals surface area contributed by atoms with Gasteiger partial charge in [-0.1, -0.05) is 12.1 Å². The predicted octanol–water partition coefficient (Wildman–Crippen LogP) is 1.15. The number of nitriles is 2. The normalized spacial score (nSPS) is 13.8. The molecule has 1 heterocycles. The number of rotatable bonds is 3. The molecule has 0 saturated carbocycles. The molecule has 130 valence electrons. The molecule has 2 aromatic carbocycles. The number of benzene rings is 2. The van der Waals surface area contributed by atoms with Gasteiger partial charge in [-0.2, -0.15) is 10.5 Å². The zero-order valence-corrected chi connectivity index (χ0v) is 13.5. The average molecular weight is 351 g/mol. The number of aromatic hydroxyl groups is 1. The van der Waals surface area contributed by atoms with E-state index in [9.17, 15) is 19.6 Å². The summed E-state index contributed by atoms with van der Waals surface area (Å²) in [4.78, 5) is 12.7. The summed E-state index contributed by atoms with van der Waals surface area (Å²) in [6, 6.07) is 10.2. The molecule has 0 radical (unpaired) electrons. The van der Waals surface area contributed by atoms with E-state index in [1.54, 1.807) is 6.07 Å². The fourth-order valence-corrected chi connectivity index (χ4v) is 2.82. The molecule has 8 heteroatoms. The maximum Gasteiger partial charge on any atom is 0.257 e. The van der Waals surface area contributed by atoms with Crippen LogP contribution in [0.25, 0.3) is 11.1 Å². The molecular formula is C18H14FN5O2. The summed E-state index contributed by atoms with van der Waals surface area (Å²) in [6.07, 6.45) is -0.504. The van der Waals surface area contributed by atoms with Gasteiger partial charge in [0, 0.05) is 24.2 Å². The Morgan fingerprint density at radius 3 is 2.50 bits per heavy atom. The Morgan fingerprint density at radius 1 is 1.15 bits per heavy atom. The van der Waals surface area contributed by atoms with E-state index in [-0.39, 0.29) is 27.8 Å². The summed E-state index contributed by atoms with van der Waals surface area (Å²) in [5.74, 6) is -1.93. The van der Waals surface area contributed by atoms with Crippen molar-refractivity contribution in [1.29, 1.82) is 10.5 Å². The minimum Gasteiger partial charge on any atom is -0.507 e. The monoisotopic (exact) mass is 351 g/mol. The van der Waals surface area contributed by atoms with Gasteiger partial charge in [0.15, 0.2) is 0 Å². The highest BCUT2D eigenvalue weighted by atomic mass is 19.1. The summed E-state index contributed by atoms with van der Waals surface area (Å²) >= 11 is 0. The summed E-state index contributed by atoms with van der Waals surface area (Å²) in [5, 5.41) is 37.3. The first-order chi connectivity index (χ1) is 12.6. The molecule has 4 N–H and O–H groups in total. The molecule has 2 aromatic rings. The first-order valence-corrected chi connectivity index (χ1v) is 7.79. The number of hydrogen-bond acceptors (Lipinski definition) is 6. The van der Waals surface area contributed by atoms with Crippen molar-refractivity contribution in [2.24, 2.45) is 0 Å². The molecule has 1 aliphatic rings. The van der Waals surface area contributed by atoms with Crippen LogP contribution < -0.4 is 16.0 Å². The maximum atomic E-state index is 14.7. The van der Waals surface area contributed by atoms with Crippen LogP contribution >= 0.6 is 0 Å². The Morgan fingerprint density at radius 2 is 1.85 bits per heavy atom. The zero-order chi connectivity index (χ0) is 18.7. The van der Waals surface area contributed by atoms with E-state index in [2.05, 4.69) is 16.0 Å². The standard InChI is InChI=1S/C18H14FN5O2/c19-16-11(9-21)2-1-3-12(16)14-10(8-20)4-5-13(25)15(14)17(26)24-18-22-6-7-23-18/h1-5,18,22-23,25H,6-7H2,(H,24,26). The highest BCUT2D eigenvalue weighted by Crippen LogP contribution is 2.35. The molecular weight excluding hydrogens is 337 g/mol. The van der Waals surface area contributed by atoms with Gasteiger partial charge in [0.1, 0.15) is 23.9 Å². The van der Waals surface area contributed by atoms with E-state index in [0.717, 1.165) is 0 Å². The second-order valence-electron chi connectivity index (χ2n) is 5.59. The highest BCUT2D eigenvalue weighted by Gasteiger charge is 2.26. The van der Waals surface area contributed by atoms with Gasteiger partial charge in [-0.05, 0) is 18.2 Å². The second kappa shape index (κ2) is 7.19. The van der Waals surface area contributed by atoms with E-state index in [1.807, 2.05) is 6.07 Å². The van der Waals surface area contributed by atoms with Gasteiger partial charge in [0.2, 0.25) is 0 Å². The molecule has 7 nitrogen and oxygen atoms in total. The van der Waals surface area contributed by atoms with Crippen molar-refractivity contribution in [3.63, 3.8) is 0 Å². The number of halogens is 1.